The summed E-state index contributed by atoms with van der Waals surface area (Å²) in [6.45, 7) is 3.24. The van der Waals surface area contributed by atoms with Crippen LogP contribution in [0.2, 0.25) is 0 Å². The molecule has 0 saturated heterocycles. The van der Waals surface area contributed by atoms with Crippen LogP contribution in [0, 0.1) is 6.92 Å². The second kappa shape index (κ2) is 4.91. The van der Waals surface area contributed by atoms with Crippen LogP contribution in [0.15, 0.2) is 21.3 Å². The van der Waals surface area contributed by atoms with E-state index >= 15 is 0 Å². The minimum absolute atomic E-state index is 0.290. The van der Waals surface area contributed by atoms with Crippen molar-refractivity contribution in [1.29, 1.82) is 0 Å². The Morgan fingerprint density at radius 3 is 2.76 bits per heavy atom. The van der Waals surface area contributed by atoms with Gasteiger partial charge in [-0.15, -0.1) is 0 Å². The molecule has 0 radical (unpaired) electrons. The van der Waals surface area contributed by atoms with Crippen LogP contribution in [-0.4, -0.2) is 17.2 Å². The third-order valence-electron chi connectivity index (χ3n) is 3.99. The van der Waals surface area contributed by atoms with E-state index in [1.165, 1.54) is 6.92 Å². The van der Waals surface area contributed by atoms with Gasteiger partial charge in [0.15, 0.2) is 6.10 Å². The summed E-state index contributed by atoms with van der Waals surface area (Å²) in [6, 6.07) is 3.59. The normalized spacial score (nSPS) is 15.0. The molecule has 5 heteroatoms. The van der Waals surface area contributed by atoms with Gasteiger partial charge < -0.3 is 14.3 Å². The number of hydrogen-bond acceptors (Lipinski definition) is 4. The van der Waals surface area contributed by atoms with E-state index in [0.717, 1.165) is 35.8 Å². The number of aryl methyl sites for hydroxylation is 2. The van der Waals surface area contributed by atoms with Crippen LogP contribution in [0.3, 0.4) is 0 Å². The van der Waals surface area contributed by atoms with Crippen molar-refractivity contribution in [3.63, 3.8) is 0 Å². The fraction of sp³-hybridized carbons (Fsp3) is 0.375. The molecule has 0 unspecified atom stereocenters. The molecule has 3 rings (SSSR count). The Bertz CT molecular complexity index is 787. The predicted octanol–water partition coefficient (Wildman–Crippen LogP) is 2.44. The number of carboxylic acids is 1. The van der Waals surface area contributed by atoms with E-state index in [2.05, 4.69) is 0 Å². The van der Waals surface area contributed by atoms with Gasteiger partial charge in [-0.25, -0.2) is 9.59 Å². The van der Waals surface area contributed by atoms with Gasteiger partial charge in [0.1, 0.15) is 11.3 Å². The van der Waals surface area contributed by atoms with E-state index < -0.39 is 12.1 Å². The van der Waals surface area contributed by atoms with Gasteiger partial charge in [-0.1, -0.05) is 0 Å². The van der Waals surface area contributed by atoms with Crippen molar-refractivity contribution in [2.75, 3.05) is 0 Å². The lowest BCUT2D eigenvalue weighted by Crippen LogP contribution is -2.23. The first-order valence-corrected chi connectivity index (χ1v) is 6.96. The first-order chi connectivity index (χ1) is 9.99. The van der Waals surface area contributed by atoms with Gasteiger partial charge in [0.2, 0.25) is 0 Å². The van der Waals surface area contributed by atoms with Crippen molar-refractivity contribution in [2.45, 2.75) is 39.2 Å². The Balaban J connectivity index is 2.16. The van der Waals surface area contributed by atoms with Crippen molar-refractivity contribution >= 4 is 16.9 Å². The molecule has 21 heavy (non-hydrogen) atoms. The molecule has 0 aliphatic heterocycles. The third-order valence-corrected chi connectivity index (χ3v) is 3.99. The number of carboxylic acid groups (broad SMARTS) is 1. The first-order valence-electron chi connectivity index (χ1n) is 6.96. The maximum atomic E-state index is 12.0. The van der Waals surface area contributed by atoms with Crippen LogP contribution in [0.1, 0.15) is 30.0 Å². The van der Waals surface area contributed by atoms with Crippen molar-refractivity contribution < 1.29 is 19.1 Å². The number of benzene rings is 1. The summed E-state index contributed by atoms with van der Waals surface area (Å²) in [4.78, 5) is 22.9. The van der Waals surface area contributed by atoms with Crippen LogP contribution in [-0.2, 0) is 17.6 Å². The average molecular weight is 288 g/mol. The van der Waals surface area contributed by atoms with Crippen molar-refractivity contribution in [1.82, 2.24) is 0 Å². The van der Waals surface area contributed by atoms with E-state index in [9.17, 15) is 9.59 Å². The zero-order valence-electron chi connectivity index (χ0n) is 11.9. The lowest BCUT2D eigenvalue weighted by molar-refractivity contribution is -0.144. The molecule has 5 nitrogen and oxygen atoms in total. The van der Waals surface area contributed by atoms with Crippen LogP contribution in [0.5, 0.6) is 5.75 Å². The second-order valence-electron chi connectivity index (χ2n) is 5.36. The summed E-state index contributed by atoms with van der Waals surface area (Å²) < 4.78 is 10.8. The maximum absolute atomic E-state index is 12.0. The highest BCUT2D eigenvalue weighted by Gasteiger charge is 2.22. The van der Waals surface area contributed by atoms with Crippen molar-refractivity contribution in [3.8, 4) is 5.75 Å². The Morgan fingerprint density at radius 1 is 1.33 bits per heavy atom. The molecule has 1 aromatic carbocycles. The van der Waals surface area contributed by atoms with E-state index in [1.807, 2.05) is 6.07 Å². The third kappa shape index (κ3) is 2.18. The van der Waals surface area contributed by atoms with Gasteiger partial charge in [-0.2, -0.15) is 0 Å². The molecule has 1 aliphatic rings. The summed E-state index contributed by atoms with van der Waals surface area (Å²) in [7, 11) is 0. The lowest BCUT2D eigenvalue weighted by Gasteiger charge is -2.14. The predicted molar refractivity (Wildman–Crippen MR) is 77.0 cm³/mol. The van der Waals surface area contributed by atoms with Gasteiger partial charge >= 0.3 is 11.6 Å². The zero-order chi connectivity index (χ0) is 15.1. The molecule has 0 saturated carbocycles. The minimum atomic E-state index is -1.04. The largest absolute Gasteiger partial charge is 0.479 e. The van der Waals surface area contributed by atoms with E-state index in [0.29, 0.717) is 16.9 Å². The van der Waals surface area contributed by atoms with Crippen LogP contribution in [0.4, 0.5) is 0 Å². The lowest BCUT2D eigenvalue weighted by atomic mass is 10.0. The van der Waals surface area contributed by atoms with Gasteiger partial charge in [-0.3, -0.25) is 0 Å². The molecule has 0 bridgehead atoms. The summed E-state index contributed by atoms with van der Waals surface area (Å²) in [5.41, 5.74) is 2.70. The maximum Gasteiger partial charge on any atom is 0.344 e. The van der Waals surface area contributed by atoms with Gasteiger partial charge in [-0.05, 0) is 50.8 Å². The van der Waals surface area contributed by atoms with Gasteiger partial charge in [0, 0.05) is 16.5 Å². The van der Waals surface area contributed by atoms with Gasteiger partial charge in [0.25, 0.3) is 0 Å². The molecule has 1 heterocycles. The SMILES string of the molecule is Cc1c(O[C@@H](C)C(=O)O)ccc2c3c(c(=O)oc12)CCC3. The molecule has 2 aromatic rings. The van der Waals surface area contributed by atoms with Crippen molar-refractivity contribution in [3.05, 3.63) is 39.2 Å². The summed E-state index contributed by atoms with van der Waals surface area (Å²) in [5.74, 6) is -0.608. The Morgan fingerprint density at radius 2 is 2.05 bits per heavy atom. The molecule has 0 amide bonds. The zero-order valence-corrected chi connectivity index (χ0v) is 11.9. The minimum Gasteiger partial charge on any atom is -0.479 e. The summed E-state index contributed by atoms with van der Waals surface area (Å²) >= 11 is 0. The number of rotatable bonds is 3. The van der Waals surface area contributed by atoms with E-state index in [4.69, 9.17) is 14.3 Å². The molecule has 0 fully saturated rings. The standard InChI is InChI=1S/C16H16O5/c1-8-13(20-9(2)15(17)18)7-6-11-10-4-3-5-12(10)16(19)21-14(8)11/h6-7,9H,3-5H2,1-2H3,(H,17,18)/t9-/m0/s1. The van der Waals surface area contributed by atoms with Crippen LogP contribution < -0.4 is 10.4 Å². The molecule has 1 aromatic heterocycles. The quantitative estimate of drug-likeness (QED) is 0.878. The van der Waals surface area contributed by atoms with E-state index in [-0.39, 0.29) is 5.63 Å². The summed E-state index contributed by atoms with van der Waals surface area (Å²) in [6.07, 6.45) is 1.65. The fourth-order valence-electron chi connectivity index (χ4n) is 2.83. The fourth-order valence-corrected chi connectivity index (χ4v) is 2.83. The van der Waals surface area contributed by atoms with Gasteiger partial charge in [0.05, 0.1) is 0 Å². The highest BCUT2D eigenvalue weighted by atomic mass is 16.5. The molecular formula is C16H16O5. The first kappa shape index (κ1) is 13.7. The molecule has 110 valence electrons. The molecular weight excluding hydrogens is 272 g/mol. The highest BCUT2D eigenvalue weighted by Crippen LogP contribution is 2.33. The Kier molecular flexibility index (Phi) is 3.20. The topological polar surface area (TPSA) is 76.7 Å². The summed E-state index contributed by atoms with van der Waals surface area (Å²) in [5, 5.41) is 9.85. The number of carbonyl (C=O) groups is 1. The second-order valence-corrected chi connectivity index (χ2v) is 5.36. The highest BCUT2D eigenvalue weighted by molar-refractivity contribution is 5.86. The molecule has 1 atom stereocenters. The van der Waals surface area contributed by atoms with Crippen LogP contribution in [0.25, 0.3) is 11.0 Å². The Hall–Kier alpha value is -2.30. The van der Waals surface area contributed by atoms with E-state index in [1.54, 1.807) is 13.0 Å². The number of fused-ring (bicyclic) bond motifs is 3. The molecule has 1 N–H and O–H groups in total. The smallest absolute Gasteiger partial charge is 0.344 e. The molecule has 0 spiro atoms. The molecule has 1 aliphatic carbocycles. The average Bonchev–Trinajstić information content (AvgIpc) is 2.92. The number of ether oxygens (including phenoxy) is 1. The number of aliphatic carboxylic acids is 1. The number of hydrogen-bond donors (Lipinski definition) is 1. The Labute approximate surface area is 121 Å². The van der Waals surface area contributed by atoms with Crippen LogP contribution >= 0.6 is 0 Å². The van der Waals surface area contributed by atoms with Crippen molar-refractivity contribution in [2.24, 2.45) is 0 Å². The monoisotopic (exact) mass is 288 g/mol.